The number of ketones is 1. The van der Waals surface area contributed by atoms with E-state index in [-0.39, 0.29) is 18.2 Å². The Kier molecular flexibility index (Phi) is 8.35. The number of carbonyl (C=O) groups is 2. The van der Waals surface area contributed by atoms with Gasteiger partial charge >= 0.3 is 0 Å². The number of aliphatic hydroxyl groups excluding tert-OH is 1. The first-order valence-corrected chi connectivity index (χ1v) is 12.8. The molecule has 0 radical (unpaired) electrons. The van der Waals surface area contributed by atoms with Crippen LogP contribution in [0.4, 0.5) is 11.5 Å². The molecule has 4 rings (SSSR count). The van der Waals surface area contributed by atoms with Crippen molar-refractivity contribution in [1.82, 2.24) is 20.3 Å². The molecule has 3 heterocycles. The first-order chi connectivity index (χ1) is 17.9. The zero-order valence-electron chi connectivity index (χ0n) is 21.5. The third kappa shape index (κ3) is 5.89. The van der Waals surface area contributed by atoms with Crippen LogP contribution >= 0.6 is 0 Å². The molecule has 1 atom stereocenters. The van der Waals surface area contributed by atoms with Gasteiger partial charge in [-0.3, -0.25) is 9.59 Å². The maximum atomic E-state index is 13.8. The number of aliphatic hydroxyl groups is 1. The summed E-state index contributed by atoms with van der Waals surface area (Å²) in [4.78, 5) is 37.7. The molecule has 9 nitrogen and oxygen atoms in total. The van der Waals surface area contributed by atoms with Crippen molar-refractivity contribution in [3.8, 4) is 0 Å². The quantitative estimate of drug-likeness (QED) is 0.251. The molecular weight excluding hydrogens is 468 g/mol. The van der Waals surface area contributed by atoms with E-state index in [4.69, 9.17) is 0 Å². The highest BCUT2D eigenvalue weighted by atomic mass is 16.3. The summed E-state index contributed by atoms with van der Waals surface area (Å²) in [7, 11) is 0. The van der Waals surface area contributed by atoms with Gasteiger partial charge in [-0.25, -0.2) is 9.97 Å². The van der Waals surface area contributed by atoms with Crippen LogP contribution in [0.2, 0.25) is 0 Å². The number of nitrogens with one attached hydrogen (secondary N) is 4. The molecule has 37 heavy (non-hydrogen) atoms. The standard InChI is InChI=1S/C28H34N6O3/c1-4-7-20-21(8-6-9-24(20)30-16-25(36)29-10-5-2)26(37)23-15-34-28-22(23)11-18(12-33-28)19-13-31-27(17(3)35)32-14-19/h6,8-9,11,13-15,17,30,33-35H,4-5,7,10,12,16H2,1-3H3,(H,29,36). The number of aromatic amines is 1. The Morgan fingerprint density at radius 1 is 1.14 bits per heavy atom. The molecule has 194 valence electrons. The smallest absolute Gasteiger partial charge is 0.239 e. The molecule has 0 saturated heterocycles. The summed E-state index contributed by atoms with van der Waals surface area (Å²) in [6.45, 7) is 7.05. The van der Waals surface area contributed by atoms with Crippen LogP contribution in [0, 0.1) is 0 Å². The summed E-state index contributed by atoms with van der Waals surface area (Å²) in [6, 6.07) is 5.61. The van der Waals surface area contributed by atoms with Crippen LogP contribution in [0.3, 0.4) is 0 Å². The highest BCUT2D eigenvalue weighted by Gasteiger charge is 2.24. The van der Waals surface area contributed by atoms with Crippen LogP contribution < -0.4 is 16.0 Å². The lowest BCUT2D eigenvalue weighted by molar-refractivity contribution is -0.119. The van der Waals surface area contributed by atoms with Crippen LogP contribution in [0.15, 0.2) is 36.8 Å². The average Bonchev–Trinajstić information content (AvgIpc) is 3.34. The van der Waals surface area contributed by atoms with E-state index in [0.29, 0.717) is 36.5 Å². The van der Waals surface area contributed by atoms with E-state index < -0.39 is 6.10 Å². The Morgan fingerprint density at radius 2 is 1.92 bits per heavy atom. The molecule has 2 aromatic heterocycles. The van der Waals surface area contributed by atoms with Crippen LogP contribution in [-0.2, 0) is 11.2 Å². The SMILES string of the molecule is CCCNC(=O)CNc1cccc(C(=O)c2c[nH]c3c2C=C(c2cnc(C(C)O)nc2)CN3)c1CCC. The van der Waals surface area contributed by atoms with Crippen molar-refractivity contribution in [3.63, 3.8) is 0 Å². The minimum atomic E-state index is -0.735. The van der Waals surface area contributed by atoms with E-state index in [1.165, 1.54) is 0 Å². The van der Waals surface area contributed by atoms with Crippen molar-refractivity contribution in [2.75, 3.05) is 30.3 Å². The Labute approximate surface area is 216 Å². The predicted octanol–water partition coefficient (Wildman–Crippen LogP) is 3.95. The van der Waals surface area contributed by atoms with Crippen molar-refractivity contribution in [2.24, 2.45) is 0 Å². The zero-order chi connectivity index (χ0) is 26.4. The summed E-state index contributed by atoms with van der Waals surface area (Å²) in [5, 5.41) is 19.1. The predicted molar refractivity (Wildman–Crippen MR) is 145 cm³/mol. The molecule has 1 aromatic carbocycles. The molecule has 0 fully saturated rings. The molecule has 0 saturated carbocycles. The highest BCUT2D eigenvalue weighted by Crippen LogP contribution is 2.33. The molecule has 9 heteroatoms. The Morgan fingerprint density at radius 3 is 2.62 bits per heavy atom. The zero-order valence-corrected chi connectivity index (χ0v) is 21.5. The molecule has 3 aromatic rings. The summed E-state index contributed by atoms with van der Waals surface area (Å²) in [6.07, 6.45) is 8.81. The number of carbonyl (C=O) groups excluding carboxylic acids is 2. The number of H-pyrrole nitrogens is 1. The van der Waals surface area contributed by atoms with Crippen LogP contribution in [0.1, 0.15) is 78.2 Å². The van der Waals surface area contributed by atoms with E-state index in [1.807, 2.05) is 31.2 Å². The number of anilines is 2. The summed E-state index contributed by atoms with van der Waals surface area (Å²) in [5.41, 5.74) is 5.44. The van der Waals surface area contributed by atoms with E-state index in [0.717, 1.165) is 46.6 Å². The lowest BCUT2D eigenvalue weighted by Gasteiger charge is -2.18. The fourth-order valence-corrected chi connectivity index (χ4v) is 4.36. The second-order valence-corrected chi connectivity index (χ2v) is 9.13. The normalized spacial score (nSPS) is 13.2. The number of fused-ring (bicyclic) bond motifs is 1. The van der Waals surface area contributed by atoms with Gasteiger partial charge in [-0.05, 0) is 43.0 Å². The molecule has 1 unspecified atom stereocenters. The molecule has 0 spiro atoms. The van der Waals surface area contributed by atoms with Crippen LogP contribution in [-0.4, -0.2) is 51.4 Å². The number of aromatic nitrogens is 3. The largest absolute Gasteiger partial charge is 0.385 e. The minimum absolute atomic E-state index is 0.0741. The van der Waals surface area contributed by atoms with E-state index in [2.05, 4.69) is 37.8 Å². The third-order valence-corrected chi connectivity index (χ3v) is 6.29. The van der Waals surface area contributed by atoms with Crippen LogP contribution in [0.25, 0.3) is 11.6 Å². The number of nitrogens with zero attached hydrogens (tertiary/aromatic N) is 2. The summed E-state index contributed by atoms with van der Waals surface area (Å²) < 4.78 is 0. The van der Waals surface area contributed by atoms with Gasteiger partial charge in [0.1, 0.15) is 11.9 Å². The maximum Gasteiger partial charge on any atom is 0.239 e. The first-order valence-electron chi connectivity index (χ1n) is 12.8. The van der Waals surface area contributed by atoms with Gasteiger partial charge in [-0.15, -0.1) is 0 Å². The van der Waals surface area contributed by atoms with Gasteiger partial charge in [-0.1, -0.05) is 32.4 Å². The fraction of sp³-hybridized carbons (Fsp3) is 0.357. The molecule has 1 amide bonds. The second-order valence-electron chi connectivity index (χ2n) is 9.13. The first kappa shape index (κ1) is 26.1. The van der Waals surface area contributed by atoms with E-state index in [1.54, 1.807) is 25.5 Å². The molecule has 5 N–H and O–H groups in total. The van der Waals surface area contributed by atoms with Crippen LogP contribution in [0.5, 0.6) is 0 Å². The number of amides is 1. The summed E-state index contributed by atoms with van der Waals surface area (Å²) in [5.74, 6) is 0.994. The number of hydrogen-bond acceptors (Lipinski definition) is 7. The topological polar surface area (TPSA) is 132 Å². The Balaban J connectivity index is 1.63. The monoisotopic (exact) mass is 502 g/mol. The number of hydrogen-bond donors (Lipinski definition) is 5. The fourth-order valence-electron chi connectivity index (χ4n) is 4.36. The maximum absolute atomic E-state index is 13.8. The van der Waals surface area contributed by atoms with Gasteiger partial charge in [-0.2, -0.15) is 0 Å². The molecular formula is C28H34N6O3. The van der Waals surface area contributed by atoms with Gasteiger partial charge in [0.2, 0.25) is 5.91 Å². The van der Waals surface area contributed by atoms with E-state index in [9.17, 15) is 14.7 Å². The Bertz CT molecular complexity index is 1290. The van der Waals surface area contributed by atoms with Gasteiger partial charge in [0.15, 0.2) is 11.6 Å². The molecule has 0 aliphatic carbocycles. The molecule has 0 bridgehead atoms. The van der Waals surface area contributed by atoms with Gasteiger partial charge in [0, 0.05) is 59.6 Å². The molecule has 1 aliphatic heterocycles. The van der Waals surface area contributed by atoms with Crippen molar-refractivity contribution in [1.29, 1.82) is 0 Å². The van der Waals surface area contributed by atoms with Crippen molar-refractivity contribution in [3.05, 3.63) is 70.4 Å². The number of rotatable bonds is 11. The molecule has 1 aliphatic rings. The highest BCUT2D eigenvalue weighted by molar-refractivity contribution is 6.14. The van der Waals surface area contributed by atoms with Crippen molar-refractivity contribution >= 4 is 34.8 Å². The van der Waals surface area contributed by atoms with Gasteiger partial charge in [0.25, 0.3) is 0 Å². The number of benzene rings is 1. The van der Waals surface area contributed by atoms with Crippen molar-refractivity contribution in [2.45, 2.75) is 46.1 Å². The lowest BCUT2D eigenvalue weighted by Crippen LogP contribution is -2.30. The van der Waals surface area contributed by atoms with E-state index >= 15 is 0 Å². The Hall–Kier alpha value is -3.98. The van der Waals surface area contributed by atoms with Crippen molar-refractivity contribution < 1.29 is 14.7 Å². The second kappa shape index (κ2) is 11.8. The average molecular weight is 503 g/mol. The summed E-state index contributed by atoms with van der Waals surface area (Å²) >= 11 is 0. The van der Waals surface area contributed by atoms with Gasteiger partial charge in [0.05, 0.1) is 6.54 Å². The van der Waals surface area contributed by atoms with Gasteiger partial charge < -0.3 is 26.0 Å². The minimum Gasteiger partial charge on any atom is -0.385 e. The third-order valence-electron chi connectivity index (χ3n) is 6.29. The lowest BCUT2D eigenvalue weighted by atomic mass is 9.92.